The summed E-state index contributed by atoms with van der Waals surface area (Å²) in [4.78, 5) is 41.5. The fraction of sp³-hybridized carbons (Fsp3) is 0.464. The minimum absolute atomic E-state index is 0.0386. The number of halogens is 2. The summed E-state index contributed by atoms with van der Waals surface area (Å²) in [5, 5.41) is 3.22. The van der Waals surface area contributed by atoms with Crippen LogP contribution in [0.15, 0.2) is 41.3 Å². The number of anilines is 1. The van der Waals surface area contributed by atoms with Crippen LogP contribution in [-0.2, 0) is 20.8 Å². The molecule has 1 atom stereocenters. The van der Waals surface area contributed by atoms with E-state index in [1.54, 1.807) is 45.0 Å². The first-order chi connectivity index (χ1) is 18.0. The second-order valence-corrected chi connectivity index (χ2v) is 12.0. The van der Waals surface area contributed by atoms with Crippen LogP contribution in [0.2, 0.25) is 5.02 Å². The Kier molecular flexibility index (Phi) is 9.00. The molecule has 10 heteroatoms. The predicted molar refractivity (Wildman–Crippen MR) is 145 cm³/mol. The molecule has 2 aliphatic rings. The molecule has 38 heavy (non-hydrogen) atoms. The third-order valence-corrected chi connectivity index (χ3v) is 7.76. The van der Waals surface area contributed by atoms with Gasteiger partial charge in [0.1, 0.15) is 17.5 Å². The summed E-state index contributed by atoms with van der Waals surface area (Å²) in [5.74, 6) is -0.985. The van der Waals surface area contributed by atoms with Gasteiger partial charge in [-0.3, -0.25) is 9.59 Å². The van der Waals surface area contributed by atoms with Gasteiger partial charge in [0.25, 0.3) is 5.91 Å². The normalized spacial score (nSPS) is 18.5. The summed E-state index contributed by atoms with van der Waals surface area (Å²) in [5.41, 5.74) is 0.444. The number of hydrogen-bond donors (Lipinski definition) is 1. The summed E-state index contributed by atoms with van der Waals surface area (Å²) in [6, 6.07) is 8.91. The first-order valence-corrected chi connectivity index (χ1v) is 14.0. The monoisotopic (exact) mass is 562 g/mol. The van der Waals surface area contributed by atoms with Crippen molar-refractivity contribution in [3.8, 4) is 0 Å². The highest BCUT2D eigenvalue weighted by atomic mass is 35.5. The molecule has 2 amide bonds. The molecule has 0 aromatic heterocycles. The lowest BCUT2D eigenvalue weighted by atomic mass is 9.91. The maximum atomic E-state index is 15.2. The van der Waals surface area contributed by atoms with Gasteiger partial charge in [-0.1, -0.05) is 23.7 Å². The molecule has 0 bridgehead atoms. The number of Topliss-reactive ketones (excluding diaryl/α,β-unsaturated/α-hetero) is 1. The van der Waals surface area contributed by atoms with Gasteiger partial charge >= 0.3 is 6.09 Å². The summed E-state index contributed by atoms with van der Waals surface area (Å²) >= 11 is 7.29. The van der Waals surface area contributed by atoms with E-state index in [0.29, 0.717) is 28.8 Å². The lowest BCUT2D eigenvalue weighted by Gasteiger charge is -2.27. The summed E-state index contributed by atoms with van der Waals surface area (Å²) in [7, 11) is 0. The molecule has 204 valence electrons. The molecule has 1 fully saturated rings. The molecule has 0 unspecified atom stereocenters. The van der Waals surface area contributed by atoms with Crippen molar-refractivity contribution >= 4 is 46.8 Å². The summed E-state index contributed by atoms with van der Waals surface area (Å²) in [6.45, 7) is 6.55. The van der Waals surface area contributed by atoms with E-state index >= 15 is 4.39 Å². The summed E-state index contributed by atoms with van der Waals surface area (Å²) in [6.07, 6.45) is 1.02. The highest BCUT2D eigenvalue weighted by molar-refractivity contribution is 7.99. The van der Waals surface area contributed by atoms with Gasteiger partial charge in [-0.15, -0.1) is 11.8 Å². The first-order valence-electron chi connectivity index (χ1n) is 12.6. The number of hydrogen-bond acceptors (Lipinski definition) is 6. The minimum Gasteiger partial charge on any atom is -0.444 e. The van der Waals surface area contributed by atoms with Gasteiger partial charge in [-0.2, -0.15) is 0 Å². The lowest BCUT2D eigenvalue weighted by Crippen LogP contribution is -2.50. The van der Waals surface area contributed by atoms with E-state index in [0.717, 1.165) is 18.4 Å². The van der Waals surface area contributed by atoms with Crippen molar-refractivity contribution < 1.29 is 28.2 Å². The summed E-state index contributed by atoms with van der Waals surface area (Å²) < 4.78 is 26.0. The van der Waals surface area contributed by atoms with Crippen LogP contribution in [-0.4, -0.2) is 48.4 Å². The number of amides is 2. The van der Waals surface area contributed by atoms with Crippen molar-refractivity contribution in [2.45, 2.75) is 63.1 Å². The van der Waals surface area contributed by atoms with Crippen LogP contribution in [0.5, 0.6) is 0 Å². The van der Waals surface area contributed by atoms with Crippen molar-refractivity contribution in [2.75, 3.05) is 23.9 Å². The van der Waals surface area contributed by atoms with Crippen LogP contribution in [0.4, 0.5) is 14.9 Å². The topological polar surface area (TPSA) is 84.9 Å². The van der Waals surface area contributed by atoms with Gasteiger partial charge in [0, 0.05) is 35.3 Å². The quantitative estimate of drug-likeness (QED) is 0.434. The molecule has 4 rings (SSSR count). The number of benzene rings is 2. The van der Waals surface area contributed by atoms with Crippen molar-refractivity contribution in [2.24, 2.45) is 5.92 Å². The average Bonchev–Trinajstić information content (AvgIpc) is 2.96. The number of ketones is 1. The molecule has 7 nitrogen and oxygen atoms in total. The predicted octanol–water partition coefficient (Wildman–Crippen LogP) is 6.01. The highest BCUT2D eigenvalue weighted by Gasteiger charge is 2.34. The molecule has 2 aromatic rings. The number of carbonyl (C=O) groups excluding carboxylic acids is 3. The number of ether oxygens (including phenoxy) is 2. The van der Waals surface area contributed by atoms with E-state index in [2.05, 4.69) is 5.32 Å². The van der Waals surface area contributed by atoms with E-state index in [1.807, 2.05) is 0 Å². The number of nitrogens with one attached hydrogen (secondary N) is 1. The maximum Gasteiger partial charge on any atom is 0.408 e. The zero-order valence-corrected chi connectivity index (χ0v) is 23.3. The Labute approximate surface area is 231 Å². The SMILES string of the molecule is CC(C)(C)OC(=O)N[C@H]1CSc2cc(F)c(C(=O)CC3CCOCC3)cc2N(Cc2ccc(Cl)cc2)C1=O. The second-order valence-electron chi connectivity index (χ2n) is 10.5. The standard InChI is InChI=1S/C28H32ClFN2O5S/c1-28(2,3)37-27(35)31-22-16-38-25-14-21(30)20(24(33)12-17-8-10-36-11-9-17)13-23(25)32(26(22)34)15-18-4-6-19(29)7-5-18/h4-7,13-14,17,22H,8-12,15-16H2,1-3H3,(H,31,35)/t22-/m0/s1. The fourth-order valence-electron chi connectivity index (χ4n) is 4.45. The third kappa shape index (κ3) is 7.27. The average molecular weight is 563 g/mol. The minimum atomic E-state index is -0.918. The zero-order chi connectivity index (χ0) is 27.4. The Morgan fingerprint density at radius 1 is 1.18 bits per heavy atom. The van der Waals surface area contributed by atoms with E-state index in [-0.39, 0.29) is 41.9 Å². The molecule has 0 spiro atoms. The van der Waals surface area contributed by atoms with Crippen LogP contribution in [0.3, 0.4) is 0 Å². The van der Waals surface area contributed by atoms with Gasteiger partial charge in [-0.05, 0) is 69.4 Å². The van der Waals surface area contributed by atoms with Crippen molar-refractivity contribution in [3.63, 3.8) is 0 Å². The third-order valence-electron chi connectivity index (χ3n) is 6.37. The molecular formula is C28H32ClFN2O5S. The van der Waals surface area contributed by atoms with Gasteiger partial charge < -0.3 is 19.7 Å². The highest BCUT2D eigenvalue weighted by Crippen LogP contribution is 2.38. The van der Waals surface area contributed by atoms with Crippen LogP contribution in [0, 0.1) is 11.7 Å². The van der Waals surface area contributed by atoms with E-state index in [9.17, 15) is 14.4 Å². The van der Waals surface area contributed by atoms with Gasteiger partial charge in [-0.25, -0.2) is 9.18 Å². The van der Waals surface area contributed by atoms with Crippen LogP contribution in [0.1, 0.15) is 56.0 Å². The zero-order valence-electron chi connectivity index (χ0n) is 21.7. The molecule has 0 saturated carbocycles. The maximum absolute atomic E-state index is 15.2. The lowest BCUT2D eigenvalue weighted by molar-refractivity contribution is -0.120. The molecule has 2 heterocycles. The van der Waals surface area contributed by atoms with Crippen LogP contribution >= 0.6 is 23.4 Å². The fourth-order valence-corrected chi connectivity index (χ4v) is 5.65. The van der Waals surface area contributed by atoms with Gasteiger partial charge in [0.15, 0.2) is 5.78 Å². The number of nitrogens with zero attached hydrogens (tertiary/aromatic N) is 1. The number of fused-ring (bicyclic) bond motifs is 1. The number of carbonyl (C=O) groups is 3. The largest absolute Gasteiger partial charge is 0.444 e. The number of thioether (sulfide) groups is 1. The molecule has 2 aliphatic heterocycles. The molecule has 1 N–H and O–H groups in total. The van der Waals surface area contributed by atoms with E-state index in [1.165, 1.54) is 28.8 Å². The van der Waals surface area contributed by atoms with Gasteiger partial charge in [0.2, 0.25) is 0 Å². The molecular weight excluding hydrogens is 531 g/mol. The van der Waals surface area contributed by atoms with E-state index < -0.39 is 23.6 Å². The first kappa shape index (κ1) is 28.4. The number of alkyl carbamates (subject to hydrolysis) is 1. The van der Waals surface area contributed by atoms with Crippen molar-refractivity contribution in [1.82, 2.24) is 5.32 Å². The van der Waals surface area contributed by atoms with Crippen molar-refractivity contribution in [3.05, 3.63) is 58.4 Å². The molecule has 1 saturated heterocycles. The second kappa shape index (κ2) is 12.1. The smallest absolute Gasteiger partial charge is 0.408 e. The molecule has 0 aliphatic carbocycles. The molecule has 0 radical (unpaired) electrons. The Bertz CT molecular complexity index is 1190. The van der Waals surface area contributed by atoms with Gasteiger partial charge in [0.05, 0.1) is 17.8 Å². The van der Waals surface area contributed by atoms with E-state index in [4.69, 9.17) is 21.1 Å². The Morgan fingerprint density at radius 3 is 2.53 bits per heavy atom. The number of rotatable bonds is 6. The van der Waals surface area contributed by atoms with Crippen molar-refractivity contribution in [1.29, 1.82) is 0 Å². The Hall–Kier alpha value is -2.62. The van der Waals surface area contributed by atoms with Crippen LogP contribution < -0.4 is 10.2 Å². The Balaban J connectivity index is 1.66. The molecule has 2 aromatic carbocycles. The Morgan fingerprint density at radius 2 is 1.87 bits per heavy atom. The van der Waals surface area contributed by atoms with Crippen LogP contribution in [0.25, 0.3) is 0 Å².